The highest BCUT2D eigenvalue weighted by molar-refractivity contribution is 7.21. The minimum atomic E-state index is -0.278. The van der Waals surface area contributed by atoms with Crippen LogP contribution in [0, 0.1) is 5.82 Å². The van der Waals surface area contributed by atoms with E-state index in [1.807, 2.05) is 0 Å². The molecule has 84 valence electrons. The van der Waals surface area contributed by atoms with Crippen molar-refractivity contribution in [2.75, 3.05) is 0 Å². The highest BCUT2D eigenvalue weighted by Gasteiger charge is 2.06. The SMILES string of the molecule is Oc1ccc(-c2nc3cc(F)ccc3s2)cc1. The van der Waals surface area contributed by atoms with Crippen LogP contribution in [0.4, 0.5) is 4.39 Å². The van der Waals surface area contributed by atoms with Gasteiger partial charge < -0.3 is 5.11 Å². The first-order valence-electron chi connectivity index (χ1n) is 5.08. The fraction of sp³-hybridized carbons (Fsp3) is 0. The van der Waals surface area contributed by atoms with Gasteiger partial charge in [-0.25, -0.2) is 9.37 Å². The molecule has 1 heterocycles. The molecule has 3 aromatic rings. The van der Waals surface area contributed by atoms with E-state index >= 15 is 0 Å². The third-order valence-electron chi connectivity index (χ3n) is 2.46. The molecule has 0 fully saturated rings. The van der Waals surface area contributed by atoms with Gasteiger partial charge >= 0.3 is 0 Å². The third-order valence-corrected chi connectivity index (χ3v) is 3.55. The predicted octanol–water partition coefficient (Wildman–Crippen LogP) is 3.81. The van der Waals surface area contributed by atoms with Gasteiger partial charge in [-0.15, -0.1) is 11.3 Å². The van der Waals surface area contributed by atoms with Crippen LogP contribution in [0.1, 0.15) is 0 Å². The number of phenols is 1. The lowest BCUT2D eigenvalue weighted by Gasteiger charge is -1.95. The number of benzene rings is 2. The first kappa shape index (κ1) is 10.2. The lowest BCUT2D eigenvalue weighted by molar-refractivity contribution is 0.475. The largest absolute Gasteiger partial charge is 0.508 e. The van der Waals surface area contributed by atoms with E-state index in [4.69, 9.17) is 0 Å². The normalized spacial score (nSPS) is 10.9. The Morgan fingerprint density at radius 1 is 1.06 bits per heavy atom. The van der Waals surface area contributed by atoms with Gasteiger partial charge in [-0.2, -0.15) is 0 Å². The van der Waals surface area contributed by atoms with E-state index in [0.29, 0.717) is 5.52 Å². The van der Waals surface area contributed by atoms with E-state index in [-0.39, 0.29) is 11.6 Å². The quantitative estimate of drug-likeness (QED) is 0.707. The van der Waals surface area contributed by atoms with Crippen LogP contribution in [0.2, 0.25) is 0 Å². The Bertz CT molecular complexity index is 675. The average molecular weight is 245 g/mol. The molecule has 1 aromatic heterocycles. The Morgan fingerprint density at radius 2 is 1.82 bits per heavy atom. The summed E-state index contributed by atoms with van der Waals surface area (Å²) in [6.45, 7) is 0. The van der Waals surface area contributed by atoms with E-state index < -0.39 is 0 Å². The number of aromatic nitrogens is 1. The smallest absolute Gasteiger partial charge is 0.125 e. The molecule has 0 aliphatic heterocycles. The van der Waals surface area contributed by atoms with Crippen LogP contribution in [0.3, 0.4) is 0 Å². The van der Waals surface area contributed by atoms with E-state index in [1.54, 1.807) is 30.3 Å². The van der Waals surface area contributed by atoms with Crippen molar-refractivity contribution in [3.63, 3.8) is 0 Å². The van der Waals surface area contributed by atoms with Crippen LogP contribution in [0.5, 0.6) is 5.75 Å². The molecule has 0 aliphatic rings. The number of thiazole rings is 1. The molecule has 0 atom stereocenters. The summed E-state index contributed by atoms with van der Waals surface area (Å²) in [5, 5.41) is 10.0. The molecule has 0 spiro atoms. The van der Waals surface area contributed by atoms with Crippen LogP contribution >= 0.6 is 11.3 Å². The summed E-state index contributed by atoms with van der Waals surface area (Å²) < 4.78 is 14.0. The minimum Gasteiger partial charge on any atom is -0.508 e. The number of rotatable bonds is 1. The van der Waals surface area contributed by atoms with Gasteiger partial charge in [0.2, 0.25) is 0 Å². The molecule has 17 heavy (non-hydrogen) atoms. The van der Waals surface area contributed by atoms with E-state index in [9.17, 15) is 9.50 Å². The Labute approximate surface area is 101 Å². The first-order valence-corrected chi connectivity index (χ1v) is 5.89. The molecule has 2 aromatic carbocycles. The zero-order chi connectivity index (χ0) is 11.8. The zero-order valence-electron chi connectivity index (χ0n) is 8.72. The van der Waals surface area contributed by atoms with Crippen LogP contribution in [-0.4, -0.2) is 10.1 Å². The Kier molecular flexibility index (Phi) is 2.30. The lowest BCUT2D eigenvalue weighted by Crippen LogP contribution is -1.75. The maximum absolute atomic E-state index is 13.0. The van der Waals surface area contributed by atoms with Gasteiger partial charge in [0.1, 0.15) is 16.6 Å². The van der Waals surface area contributed by atoms with Gasteiger partial charge in [-0.05, 0) is 36.4 Å². The molecule has 0 saturated carbocycles. The van der Waals surface area contributed by atoms with E-state index in [1.165, 1.54) is 23.5 Å². The number of halogens is 1. The highest BCUT2D eigenvalue weighted by Crippen LogP contribution is 2.31. The monoisotopic (exact) mass is 245 g/mol. The third kappa shape index (κ3) is 1.87. The number of phenolic OH excluding ortho intramolecular Hbond substituents is 1. The van der Waals surface area contributed by atoms with Crippen molar-refractivity contribution in [1.82, 2.24) is 4.98 Å². The minimum absolute atomic E-state index is 0.223. The second kappa shape index (κ2) is 3.82. The van der Waals surface area contributed by atoms with Crippen molar-refractivity contribution in [2.24, 2.45) is 0 Å². The Balaban J connectivity index is 2.14. The number of fused-ring (bicyclic) bond motifs is 1. The number of hydrogen-bond acceptors (Lipinski definition) is 3. The second-order valence-electron chi connectivity index (χ2n) is 3.68. The zero-order valence-corrected chi connectivity index (χ0v) is 9.54. The fourth-order valence-electron chi connectivity index (χ4n) is 1.63. The van der Waals surface area contributed by atoms with Gasteiger partial charge in [0.25, 0.3) is 0 Å². The van der Waals surface area contributed by atoms with Gasteiger partial charge in [0, 0.05) is 11.6 Å². The van der Waals surface area contributed by atoms with Crippen molar-refractivity contribution in [3.8, 4) is 16.3 Å². The summed E-state index contributed by atoms with van der Waals surface area (Å²) in [5.74, 6) is -0.0547. The molecule has 0 bridgehead atoms. The Hall–Kier alpha value is -1.94. The molecule has 4 heteroatoms. The second-order valence-corrected chi connectivity index (χ2v) is 4.71. The molecule has 0 radical (unpaired) electrons. The molecule has 0 saturated heterocycles. The molecule has 0 aliphatic carbocycles. The fourth-order valence-corrected chi connectivity index (χ4v) is 2.58. The summed E-state index contributed by atoms with van der Waals surface area (Å²) in [6, 6.07) is 11.4. The molecule has 0 unspecified atom stereocenters. The molecule has 2 nitrogen and oxygen atoms in total. The van der Waals surface area contributed by atoms with Crippen molar-refractivity contribution >= 4 is 21.6 Å². The average Bonchev–Trinajstić information content (AvgIpc) is 2.72. The summed E-state index contributed by atoms with van der Waals surface area (Å²) >= 11 is 1.51. The highest BCUT2D eigenvalue weighted by atomic mass is 32.1. The van der Waals surface area contributed by atoms with E-state index in [0.717, 1.165) is 15.3 Å². The number of aromatic hydroxyl groups is 1. The lowest BCUT2D eigenvalue weighted by atomic mass is 10.2. The van der Waals surface area contributed by atoms with Crippen LogP contribution in [0.25, 0.3) is 20.8 Å². The van der Waals surface area contributed by atoms with Crippen LogP contribution in [0.15, 0.2) is 42.5 Å². The summed E-state index contributed by atoms with van der Waals surface area (Å²) in [5.41, 5.74) is 1.59. The topological polar surface area (TPSA) is 33.1 Å². The Morgan fingerprint density at radius 3 is 2.59 bits per heavy atom. The van der Waals surface area contributed by atoms with Gasteiger partial charge in [-0.1, -0.05) is 0 Å². The van der Waals surface area contributed by atoms with Gasteiger partial charge in [0.05, 0.1) is 10.2 Å². The van der Waals surface area contributed by atoms with E-state index in [2.05, 4.69) is 4.98 Å². The number of nitrogens with zero attached hydrogens (tertiary/aromatic N) is 1. The molecule has 3 rings (SSSR count). The van der Waals surface area contributed by atoms with Crippen molar-refractivity contribution in [1.29, 1.82) is 0 Å². The van der Waals surface area contributed by atoms with Crippen molar-refractivity contribution < 1.29 is 9.50 Å². The number of hydrogen-bond donors (Lipinski definition) is 1. The summed E-state index contributed by atoms with van der Waals surface area (Å²) in [7, 11) is 0. The maximum atomic E-state index is 13.0. The van der Waals surface area contributed by atoms with Gasteiger partial charge in [-0.3, -0.25) is 0 Å². The molecular formula is C13H8FNOS. The van der Waals surface area contributed by atoms with Crippen molar-refractivity contribution in [3.05, 3.63) is 48.3 Å². The standard InChI is InChI=1S/C13H8FNOS/c14-9-3-6-12-11(7-9)15-13(17-12)8-1-4-10(16)5-2-8/h1-7,16H. The summed E-state index contributed by atoms with van der Waals surface area (Å²) in [4.78, 5) is 4.37. The van der Waals surface area contributed by atoms with Crippen molar-refractivity contribution in [2.45, 2.75) is 0 Å². The predicted molar refractivity (Wildman–Crippen MR) is 66.7 cm³/mol. The first-order chi connectivity index (χ1) is 8.22. The summed E-state index contributed by atoms with van der Waals surface area (Å²) in [6.07, 6.45) is 0. The molecule has 0 amide bonds. The molecular weight excluding hydrogens is 237 g/mol. The maximum Gasteiger partial charge on any atom is 0.125 e. The molecule has 1 N–H and O–H groups in total. The van der Waals surface area contributed by atoms with Crippen LogP contribution in [-0.2, 0) is 0 Å². The van der Waals surface area contributed by atoms with Crippen LogP contribution < -0.4 is 0 Å². The van der Waals surface area contributed by atoms with Gasteiger partial charge in [0.15, 0.2) is 0 Å².